The first-order chi connectivity index (χ1) is 9.16. The summed E-state index contributed by atoms with van der Waals surface area (Å²) in [6.45, 7) is 3.16. The number of benzene rings is 1. The van der Waals surface area contributed by atoms with Gasteiger partial charge in [0.05, 0.1) is 10.0 Å². The second-order valence-corrected chi connectivity index (χ2v) is 6.50. The van der Waals surface area contributed by atoms with Crippen LogP contribution in [-0.4, -0.2) is 18.6 Å². The van der Waals surface area contributed by atoms with Crippen LogP contribution in [0.4, 0.5) is 0 Å². The average molecular weight is 320 g/mol. The summed E-state index contributed by atoms with van der Waals surface area (Å²) >= 11 is 14.2. The van der Waals surface area contributed by atoms with Crippen LogP contribution in [0.15, 0.2) is 18.2 Å². The van der Waals surface area contributed by atoms with E-state index in [2.05, 4.69) is 18.5 Å². The highest BCUT2D eigenvalue weighted by atomic mass is 35.5. The molecule has 1 unspecified atom stereocenters. The van der Waals surface area contributed by atoms with Gasteiger partial charge in [-0.05, 0) is 49.9 Å². The van der Waals surface area contributed by atoms with Crippen LogP contribution in [0, 0.1) is 0 Å². The van der Waals surface area contributed by atoms with Crippen molar-refractivity contribution in [3.05, 3.63) is 33.8 Å². The zero-order valence-corrected chi connectivity index (χ0v) is 14.0. The largest absolute Gasteiger partial charge is 0.310 e. The molecule has 1 aromatic carbocycles. The molecule has 1 N–H and O–H groups in total. The Morgan fingerprint density at radius 3 is 2.63 bits per heavy atom. The van der Waals surface area contributed by atoms with E-state index < -0.39 is 0 Å². The van der Waals surface area contributed by atoms with E-state index in [4.69, 9.17) is 23.2 Å². The fourth-order valence-electron chi connectivity index (χ4n) is 2.01. The molecule has 19 heavy (non-hydrogen) atoms. The van der Waals surface area contributed by atoms with E-state index in [1.807, 2.05) is 30.0 Å². The minimum absolute atomic E-state index is 0.248. The van der Waals surface area contributed by atoms with Gasteiger partial charge >= 0.3 is 0 Å². The van der Waals surface area contributed by atoms with Gasteiger partial charge in [-0.1, -0.05) is 48.2 Å². The molecule has 1 nitrogen and oxygen atoms in total. The molecule has 0 saturated heterocycles. The van der Waals surface area contributed by atoms with E-state index in [1.165, 1.54) is 31.4 Å². The molecular formula is C15H23Cl2NS. The maximum atomic E-state index is 6.21. The Hall–Kier alpha value is 0.110. The second kappa shape index (κ2) is 9.93. The first-order valence-corrected chi connectivity index (χ1v) is 8.98. The fraction of sp³-hybridized carbons (Fsp3) is 0.600. The van der Waals surface area contributed by atoms with Crippen molar-refractivity contribution in [1.82, 2.24) is 5.32 Å². The topological polar surface area (TPSA) is 12.0 Å². The third-order valence-electron chi connectivity index (χ3n) is 3.17. The molecule has 4 heteroatoms. The maximum absolute atomic E-state index is 6.21. The van der Waals surface area contributed by atoms with E-state index in [0.717, 1.165) is 12.1 Å². The highest BCUT2D eigenvalue weighted by Gasteiger charge is 2.10. The van der Waals surface area contributed by atoms with Crippen molar-refractivity contribution in [2.45, 2.75) is 38.6 Å². The summed E-state index contributed by atoms with van der Waals surface area (Å²) in [6.07, 6.45) is 7.34. The quantitative estimate of drug-likeness (QED) is 0.597. The molecule has 0 aromatic heterocycles. The molecule has 0 radical (unpaired) electrons. The summed E-state index contributed by atoms with van der Waals surface area (Å²) in [5, 5.41) is 4.81. The first-order valence-electron chi connectivity index (χ1n) is 6.83. The number of unbranched alkanes of at least 4 members (excludes halogenated alkanes) is 3. The molecule has 0 bridgehead atoms. The van der Waals surface area contributed by atoms with Crippen LogP contribution in [0.5, 0.6) is 0 Å². The Morgan fingerprint density at radius 2 is 1.89 bits per heavy atom. The summed E-state index contributed by atoms with van der Waals surface area (Å²) in [6, 6.07) is 6.05. The Morgan fingerprint density at radius 1 is 1.16 bits per heavy atom. The lowest BCUT2D eigenvalue weighted by atomic mass is 10.1. The standard InChI is InChI=1S/C15H23Cl2NS/c1-12(13-8-7-9-14(16)15(13)17)18-10-5-3-4-6-11-19-2/h7-9,12,18H,3-6,10-11H2,1-2H3. The highest BCUT2D eigenvalue weighted by Crippen LogP contribution is 2.29. The third kappa shape index (κ3) is 6.40. The number of thioether (sulfide) groups is 1. The van der Waals surface area contributed by atoms with Crippen LogP contribution < -0.4 is 5.32 Å². The molecule has 1 aromatic rings. The van der Waals surface area contributed by atoms with E-state index in [-0.39, 0.29) is 6.04 Å². The van der Waals surface area contributed by atoms with Gasteiger partial charge in [-0.15, -0.1) is 0 Å². The van der Waals surface area contributed by atoms with Gasteiger partial charge in [-0.3, -0.25) is 0 Å². The van der Waals surface area contributed by atoms with Crippen LogP contribution in [0.1, 0.15) is 44.2 Å². The van der Waals surface area contributed by atoms with Crippen LogP contribution in [0.25, 0.3) is 0 Å². The van der Waals surface area contributed by atoms with Crippen molar-refractivity contribution >= 4 is 35.0 Å². The van der Waals surface area contributed by atoms with Crippen molar-refractivity contribution in [1.29, 1.82) is 0 Å². The van der Waals surface area contributed by atoms with Crippen molar-refractivity contribution < 1.29 is 0 Å². The van der Waals surface area contributed by atoms with Crippen LogP contribution >= 0.6 is 35.0 Å². The Bertz CT molecular complexity index is 371. The monoisotopic (exact) mass is 319 g/mol. The zero-order chi connectivity index (χ0) is 14.1. The van der Waals surface area contributed by atoms with Crippen molar-refractivity contribution in [2.24, 2.45) is 0 Å². The summed E-state index contributed by atoms with van der Waals surface area (Å²) < 4.78 is 0. The van der Waals surface area contributed by atoms with Crippen molar-refractivity contribution in [3.8, 4) is 0 Å². The molecule has 0 aliphatic rings. The van der Waals surface area contributed by atoms with Crippen molar-refractivity contribution in [3.63, 3.8) is 0 Å². The Kier molecular flexibility index (Phi) is 8.97. The maximum Gasteiger partial charge on any atom is 0.0639 e. The fourth-order valence-corrected chi connectivity index (χ4v) is 2.97. The number of halogens is 2. The lowest BCUT2D eigenvalue weighted by Crippen LogP contribution is -2.20. The van der Waals surface area contributed by atoms with Gasteiger partial charge in [0.1, 0.15) is 0 Å². The number of hydrogen-bond donors (Lipinski definition) is 1. The molecule has 0 amide bonds. The van der Waals surface area contributed by atoms with Gasteiger partial charge in [-0.2, -0.15) is 11.8 Å². The van der Waals surface area contributed by atoms with E-state index >= 15 is 0 Å². The van der Waals surface area contributed by atoms with Gasteiger partial charge in [0.25, 0.3) is 0 Å². The SMILES string of the molecule is CSCCCCCCNC(C)c1cccc(Cl)c1Cl. The molecule has 0 fully saturated rings. The average Bonchev–Trinajstić information content (AvgIpc) is 2.40. The zero-order valence-electron chi connectivity index (χ0n) is 11.7. The smallest absolute Gasteiger partial charge is 0.0639 e. The highest BCUT2D eigenvalue weighted by molar-refractivity contribution is 7.98. The molecule has 1 rings (SSSR count). The molecule has 0 aliphatic heterocycles. The van der Waals surface area contributed by atoms with E-state index in [0.29, 0.717) is 10.0 Å². The third-order valence-corrected chi connectivity index (χ3v) is 4.70. The predicted octanol–water partition coefficient (Wildman–Crippen LogP) is 5.57. The minimum Gasteiger partial charge on any atom is -0.310 e. The van der Waals surface area contributed by atoms with E-state index in [1.54, 1.807) is 0 Å². The van der Waals surface area contributed by atoms with Crippen LogP contribution in [-0.2, 0) is 0 Å². The first kappa shape index (κ1) is 17.2. The number of hydrogen-bond acceptors (Lipinski definition) is 2. The molecule has 108 valence electrons. The molecule has 0 aliphatic carbocycles. The van der Waals surface area contributed by atoms with Crippen molar-refractivity contribution in [2.75, 3.05) is 18.6 Å². The van der Waals surface area contributed by atoms with Gasteiger partial charge in [0, 0.05) is 6.04 Å². The van der Waals surface area contributed by atoms with Gasteiger partial charge < -0.3 is 5.32 Å². The molecular weight excluding hydrogens is 297 g/mol. The minimum atomic E-state index is 0.248. The lowest BCUT2D eigenvalue weighted by Gasteiger charge is -2.16. The summed E-state index contributed by atoms with van der Waals surface area (Å²) in [7, 11) is 0. The van der Waals surface area contributed by atoms with Gasteiger partial charge in [-0.25, -0.2) is 0 Å². The second-order valence-electron chi connectivity index (χ2n) is 4.73. The molecule has 0 saturated carbocycles. The Balaban J connectivity index is 2.24. The normalized spacial score (nSPS) is 12.6. The van der Waals surface area contributed by atoms with E-state index in [9.17, 15) is 0 Å². The van der Waals surface area contributed by atoms with Gasteiger partial charge in [0.15, 0.2) is 0 Å². The number of nitrogens with one attached hydrogen (secondary N) is 1. The molecule has 0 heterocycles. The number of rotatable bonds is 9. The predicted molar refractivity (Wildman–Crippen MR) is 89.7 cm³/mol. The Labute approximate surface area is 131 Å². The summed E-state index contributed by atoms with van der Waals surface area (Å²) in [5.41, 5.74) is 1.08. The van der Waals surface area contributed by atoms with Crippen LogP contribution in [0.3, 0.4) is 0 Å². The summed E-state index contributed by atoms with van der Waals surface area (Å²) in [4.78, 5) is 0. The molecule has 1 atom stereocenters. The van der Waals surface area contributed by atoms with Crippen LogP contribution in [0.2, 0.25) is 10.0 Å². The lowest BCUT2D eigenvalue weighted by molar-refractivity contribution is 0.537. The molecule has 0 spiro atoms. The van der Waals surface area contributed by atoms with Gasteiger partial charge in [0.2, 0.25) is 0 Å². The summed E-state index contributed by atoms with van der Waals surface area (Å²) in [5.74, 6) is 1.28.